The van der Waals surface area contributed by atoms with E-state index in [1.807, 2.05) is 6.07 Å². The molecule has 4 nitrogen and oxygen atoms in total. The number of carbonyl (C=O) groups excluding carboxylic acids is 1. The normalized spacial score (nSPS) is 20.6. The van der Waals surface area contributed by atoms with Crippen LogP contribution in [-0.2, 0) is 4.79 Å². The van der Waals surface area contributed by atoms with Crippen molar-refractivity contribution < 1.29 is 4.79 Å². The minimum absolute atomic E-state index is 0.0310. The molecule has 4 heteroatoms. The topological polar surface area (TPSA) is 64.9 Å². The Morgan fingerprint density at radius 3 is 2.35 bits per heavy atom. The van der Waals surface area contributed by atoms with E-state index in [4.69, 9.17) is 5.26 Å². The third-order valence-electron chi connectivity index (χ3n) is 4.51. The molecule has 0 saturated heterocycles. The molecule has 1 rings (SSSR count). The summed E-state index contributed by atoms with van der Waals surface area (Å²) in [5, 5.41) is 14.2. The lowest BCUT2D eigenvalue weighted by Gasteiger charge is -2.06. The highest BCUT2D eigenvalue weighted by Gasteiger charge is 2.63. The van der Waals surface area contributed by atoms with Gasteiger partial charge in [0.05, 0.1) is 19.0 Å². The second-order valence-electron chi connectivity index (χ2n) is 5.88. The van der Waals surface area contributed by atoms with E-state index in [2.05, 4.69) is 38.3 Å². The minimum atomic E-state index is -0.0310. The van der Waals surface area contributed by atoms with E-state index in [-0.39, 0.29) is 5.91 Å². The molecule has 0 atom stereocenters. The predicted molar refractivity (Wildman–Crippen MR) is 67.2 cm³/mol. The molecule has 96 valence electrons. The van der Waals surface area contributed by atoms with Crippen LogP contribution in [0.5, 0.6) is 0 Å². The first-order valence-electron chi connectivity index (χ1n) is 6.18. The predicted octanol–water partition coefficient (Wildman–Crippen LogP) is 1.29. The standard InChI is InChI=1S/C13H23N3O/c1-12(2)10(13(12,3)4)8-15-9-11(17)16-7-5-6-14/h10,15H,5,7-9H2,1-4H3,(H,16,17). The molecule has 0 spiro atoms. The molecule has 1 aliphatic rings. The summed E-state index contributed by atoms with van der Waals surface area (Å²) in [4.78, 5) is 11.4. The highest BCUT2D eigenvalue weighted by molar-refractivity contribution is 5.77. The van der Waals surface area contributed by atoms with Gasteiger partial charge in [0.15, 0.2) is 0 Å². The van der Waals surface area contributed by atoms with Gasteiger partial charge in [0, 0.05) is 6.54 Å². The van der Waals surface area contributed by atoms with Crippen molar-refractivity contribution in [2.24, 2.45) is 16.7 Å². The number of rotatable bonds is 6. The van der Waals surface area contributed by atoms with Crippen molar-refractivity contribution in [3.05, 3.63) is 0 Å². The molecular formula is C13H23N3O. The number of hydrogen-bond donors (Lipinski definition) is 2. The maximum atomic E-state index is 11.4. The lowest BCUT2D eigenvalue weighted by molar-refractivity contribution is -0.120. The summed E-state index contributed by atoms with van der Waals surface area (Å²) in [6.45, 7) is 10.7. The average molecular weight is 237 g/mol. The van der Waals surface area contributed by atoms with Crippen LogP contribution in [0.15, 0.2) is 0 Å². The van der Waals surface area contributed by atoms with E-state index >= 15 is 0 Å². The Kier molecular flexibility index (Phi) is 4.16. The molecule has 1 aliphatic carbocycles. The molecule has 0 bridgehead atoms. The Bertz CT molecular complexity index is 314. The molecule has 1 fully saturated rings. The zero-order chi connectivity index (χ0) is 13.1. The van der Waals surface area contributed by atoms with Crippen LogP contribution in [0.3, 0.4) is 0 Å². The van der Waals surface area contributed by atoms with Crippen molar-refractivity contribution in [1.29, 1.82) is 5.26 Å². The van der Waals surface area contributed by atoms with E-state index in [0.717, 1.165) is 6.54 Å². The van der Waals surface area contributed by atoms with Crippen LogP contribution in [0.1, 0.15) is 34.1 Å². The van der Waals surface area contributed by atoms with Crippen molar-refractivity contribution in [1.82, 2.24) is 10.6 Å². The van der Waals surface area contributed by atoms with Crippen LogP contribution < -0.4 is 10.6 Å². The Labute approximate surface area is 104 Å². The maximum Gasteiger partial charge on any atom is 0.233 e. The lowest BCUT2D eigenvalue weighted by atomic mass is 10.0. The summed E-state index contributed by atoms with van der Waals surface area (Å²) < 4.78 is 0. The third-order valence-corrected chi connectivity index (χ3v) is 4.51. The number of carbonyl (C=O) groups is 1. The van der Waals surface area contributed by atoms with E-state index in [1.54, 1.807) is 0 Å². The molecule has 0 aromatic carbocycles. The van der Waals surface area contributed by atoms with E-state index in [1.165, 1.54) is 0 Å². The summed E-state index contributed by atoms with van der Waals surface area (Å²) >= 11 is 0. The molecule has 17 heavy (non-hydrogen) atoms. The molecule has 0 aliphatic heterocycles. The van der Waals surface area contributed by atoms with Gasteiger partial charge in [0.25, 0.3) is 0 Å². The fourth-order valence-corrected chi connectivity index (χ4v) is 2.49. The van der Waals surface area contributed by atoms with Gasteiger partial charge in [-0.15, -0.1) is 0 Å². The summed E-state index contributed by atoms with van der Waals surface area (Å²) in [5.41, 5.74) is 0.717. The highest BCUT2D eigenvalue weighted by atomic mass is 16.1. The lowest BCUT2D eigenvalue weighted by Crippen LogP contribution is -2.35. The molecule has 0 heterocycles. The van der Waals surface area contributed by atoms with Gasteiger partial charge in [-0.2, -0.15) is 5.26 Å². The second kappa shape index (κ2) is 5.05. The number of nitrogens with zero attached hydrogens (tertiary/aromatic N) is 1. The van der Waals surface area contributed by atoms with Gasteiger partial charge in [-0.3, -0.25) is 4.79 Å². The molecule has 0 aromatic rings. The minimum Gasteiger partial charge on any atom is -0.354 e. The van der Waals surface area contributed by atoms with Crippen LogP contribution in [-0.4, -0.2) is 25.5 Å². The Hall–Kier alpha value is -1.08. The van der Waals surface area contributed by atoms with Gasteiger partial charge in [0.1, 0.15) is 0 Å². The molecule has 0 radical (unpaired) electrons. The number of nitriles is 1. The fourth-order valence-electron chi connectivity index (χ4n) is 2.49. The van der Waals surface area contributed by atoms with Gasteiger partial charge >= 0.3 is 0 Å². The quantitative estimate of drug-likeness (QED) is 0.684. The van der Waals surface area contributed by atoms with Gasteiger partial charge in [-0.25, -0.2) is 0 Å². The SMILES string of the molecule is CC1(C)C(CNCC(=O)NCCC#N)C1(C)C. The van der Waals surface area contributed by atoms with Gasteiger partial charge < -0.3 is 10.6 Å². The number of nitrogens with one attached hydrogen (secondary N) is 2. The summed E-state index contributed by atoms with van der Waals surface area (Å²) in [5.74, 6) is 0.596. The smallest absolute Gasteiger partial charge is 0.233 e. The van der Waals surface area contributed by atoms with Crippen LogP contribution in [0.25, 0.3) is 0 Å². The van der Waals surface area contributed by atoms with E-state index < -0.39 is 0 Å². The molecule has 2 N–H and O–H groups in total. The van der Waals surface area contributed by atoms with Crippen LogP contribution in [0, 0.1) is 28.1 Å². The van der Waals surface area contributed by atoms with Gasteiger partial charge in [-0.05, 0) is 23.3 Å². The van der Waals surface area contributed by atoms with Crippen molar-refractivity contribution in [3.8, 4) is 6.07 Å². The zero-order valence-electron chi connectivity index (χ0n) is 11.3. The van der Waals surface area contributed by atoms with E-state index in [0.29, 0.717) is 36.3 Å². The summed E-state index contributed by atoms with van der Waals surface area (Å²) in [7, 11) is 0. The highest BCUT2D eigenvalue weighted by Crippen LogP contribution is 2.67. The maximum absolute atomic E-state index is 11.4. The first-order valence-corrected chi connectivity index (χ1v) is 6.18. The third kappa shape index (κ3) is 2.98. The molecule has 1 amide bonds. The molecular weight excluding hydrogens is 214 g/mol. The average Bonchev–Trinajstić information content (AvgIpc) is 2.61. The summed E-state index contributed by atoms with van der Waals surface area (Å²) in [6.07, 6.45) is 0.369. The van der Waals surface area contributed by atoms with E-state index in [9.17, 15) is 4.79 Å². The Morgan fingerprint density at radius 1 is 1.29 bits per heavy atom. The largest absolute Gasteiger partial charge is 0.354 e. The number of amides is 1. The Balaban J connectivity index is 2.14. The van der Waals surface area contributed by atoms with Crippen molar-refractivity contribution in [2.45, 2.75) is 34.1 Å². The van der Waals surface area contributed by atoms with Crippen molar-refractivity contribution >= 4 is 5.91 Å². The van der Waals surface area contributed by atoms with Gasteiger partial charge in [-0.1, -0.05) is 27.7 Å². The molecule has 0 unspecified atom stereocenters. The first-order chi connectivity index (χ1) is 7.84. The molecule has 0 aromatic heterocycles. The fraction of sp³-hybridized carbons (Fsp3) is 0.846. The van der Waals surface area contributed by atoms with Crippen molar-refractivity contribution in [3.63, 3.8) is 0 Å². The van der Waals surface area contributed by atoms with Crippen molar-refractivity contribution in [2.75, 3.05) is 19.6 Å². The van der Waals surface area contributed by atoms with Gasteiger partial charge in [0.2, 0.25) is 5.91 Å². The number of hydrogen-bond acceptors (Lipinski definition) is 3. The molecule has 1 saturated carbocycles. The zero-order valence-corrected chi connectivity index (χ0v) is 11.3. The van der Waals surface area contributed by atoms with Crippen LogP contribution in [0.4, 0.5) is 0 Å². The van der Waals surface area contributed by atoms with Crippen LogP contribution in [0.2, 0.25) is 0 Å². The first kappa shape index (κ1) is 14.0. The summed E-state index contributed by atoms with van der Waals surface area (Å²) in [6, 6.07) is 1.99. The van der Waals surface area contributed by atoms with Crippen LogP contribution >= 0.6 is 0 Å². The monoisotopic (exact) mass is 237 g/mol. The Morgan fingerprint density at radius 2 is 1.88 bits per heavy atom. The second-order valence-corrected chi connectivity index (χ2v) is 5.88.